The van der Waals surface area contributed by atoms with Crippen molar-refractivity contribution < 1.29 is 29.5 Å². The number of aliphatic hydroxyl groups excluding tert-OH is 1. The lowest BCUT2D eigenvalue weighted by Crippen LogP contribution is -2.41. The van der Waals surface area contributed by atoms with E-state index in [9.17, 15) is 24.8 Å². The van der Waals surface area contributed by atoms with Crippen LogP contribution in [0.25, 0.3) is 0 Å². The summed E-state index contributed by atoms with van der Waals surface area (Å²) in [5.74, 6) is -1.29. The maximum Gasteiger partial charge on any atom is 0.526 e. The standard InChI is InChI=1S/C17H22BNO6/c20-13-4-6-19(7-5-13)10-14(21)9-12-8-11-2-1-3-15(17(22)23)16(11)25-18(12)24/h1-3,12-13,20,24H,4-10H2,(H,22,23)/t12-/m1/s1. The van der Waals surface area contributed by atoms with Gasteiger partial charge in [-0.3, -0.25) is 9.69 Å². The number of piperidine rings is 1. The molecule has 25 heavy (non-hydrogen) atoms. The van der Waals surface area contributed by atoms with Crippen molar-refractivity contribution in [2.75, 3.05) is 19.6 Å². The molecule has 3 N–H and O–H groups in total. The Bertz CT molecular complexity index is 659. The number of carbonyl (C=O) groups is 2. The molecule has 2 aliphatic heterocycles. The molecule has 0 radical (unpaired) electrons. The normalized spacial score (nSPS) is 21.5. The molecular weight excluding hydrogens is 325 g/mol. The van der Waals surface area contributed by atoms with Crippen LogP contribution in [-0.4, -0.2) is 64.7 Å². The van der Waals surface area contributed by atoms with Gasteiger partial charge in [0.1, 0.15) is 11.5 Å². The van der Waals surface area contributed by atoms with E-state index in [0.29, 0.717) is 44.5 Å². The number of fused-ring (bicyclic) bond motifs is 1. The van der Waals surface area contributed by atoms with Crippen molar-refractivity contribution >= 4 is 18.9 Å². The number of Topliss-reactive ketones (excluding diaryl/α,β-unsaturated/α-hetero) is 1. The Morgan fingerprint density at radius 1 is 1.28 bits per heavy atom. The van der Waals surface area contributed by atoms with Crippen molar-refractivity contribution in [3.05, 3.63) is 29.3 Å². The van der Waals surface area contributed by atoms with E-state index < -0.39 is 13.1 Å². The van der Waals surface area contributed by atoms with Crippen molar-refractivity contribution in [2.24, 2.45) is 0 Å². The molecule has 0 aliphatic carbocycles. The third-order valence-electron chi connectivity index (χ3n) is 4.90. The van der Waals surface area contributed by atoms with Crippen molar-refractivity contribution in [1.29, 1.82) is 0 Å². The predicted molar refractivity (Wildman–Crippen MR) is 90.8 cm³/mol. The first kappa shape index (κ1) is 17.9. The number of hydrogen-bond donors (Lipinski definition) is 3. The van der Waals surface area contributed by atoms with Crippen LogP contribution in [0.15, 0.2) is 18.2 Å². The number of carboxylic acid groups (broad SMARTS) is 1. The number of hydrogen-bond acceptors (Lipinski definition) is 6. The highest BCUT2D eigenvalue weighted by Crippen LogP contribution is 2.36. The highest BCUT2D eigenvalue weighted by molar-refractivity contribution is 6.47. The Morgan fingerprint density at radius 3 is 2.68 bits per heavy atom. The van der Waals surface area contributed by atoms with E-state index in [1.54, 1.807) is 12.1 Å². The first-order valence-electron chi connectivity index (χ1n) is 8.56. The van der Waals surface area contributed by atoms with E-state index in [4.69, 9.17) is 4.65 Å². The first-order valence-corrected chi connectivity index (χ1v) is 8.56. The van der Waals surface area contributed by atoms with Gasteiger partial charge in [-0.2, -0.15) is 0 Å². The summed E-state index contributed by atoms with van der Waals surface area (Å²) >= 11 is 0. The summed E-state index contributed by atoms with van der Waals surface area (Å²) in [5, 5.41) is 28.9. The summed E-state index contributed by atoms with van der Waals surface area (Å²) in [6, 6.07) is 4.84. The number of aromatic carboxylic acids is 1. The molecule has 0 spiro atoms. The largest absolute Gasteiger partial charge is 0.535 e. The molecule has 2 heterocycles. The lowest BCUT2D eigenvalue weighted by atomic mass is 9.64. The molecule has 0 saturated carbocycles. The van der Waals surface area contributed by atoms with Gasteiger partial charge in [0.2, 0.25) is 0 Å². The first-order chi connectivity index (χ1) is 11.9. The SMILES string of the molecule is O=C(C[C@H]1Cc2cccc(C(=O)O)c2OB1O)CN1CCC(O)CC1. The molecule has 0 aromatic heterocycles. The van der Waals surface area contributed by atoms with Gasteiger partial charge in [0, 0.05) is 25.3 Å². The second kappa shape index (κ2) is 7.55. The Morgan fingerprint density at radius 2 is 2.00 bits per heavy atom. The molecule has 0 bridgehead atoms. The molecule has 3 rings (SSSR count). The zero-order valence-corrected chi connectivity index (χ0v) is 13.9. The summed E-state index contributed by atoms with van der Waals surface area (Å²) in [5.41, 5.74) is 0.720. The van der Waals surface area contributed by atoms with Crippen LogP contribution in [0.5, 0.6) is 5.75 Å². The van der Waals surface area contributed by atoms with Crippen molar-refractivity contribution in [1.82, 2.24) is 4.90 Å². The van der Waals surface area contributed by atoms with E-state index in [0.717, 1.165) is 0 Å². The van der Waals surface area contributed by atoms with Gasteiger partial charge in [0.25, 0.3) is 0 Å². The van der Waals surface area contributed by atoms with E-state index in [1.165, 1.54) is 6.07 Å². The highest BCUT2D eigenvalue weighted by Gasteiger charge is 2.38. The zero-order valence-electron chi connectivity index (χ0n) is 13.9. The Hall–Kier alpha value is -1.90. The molecule has 1 aromatic carbocycles. The Balaban J connectivity index is 1.61. The Kier molecular flexibility index (Phi) is 5.41. The van der Waals surface area contributed by atoms with Crippen molar-refractivity contribution in [3.63, 3.8) is 0 Å². The number of aliphatic hydroxyl groups is 1. The molecule has 2 aliphatic rings. The smallest absolute Gasteiger partial charge is 0.526 e. The number of likely N-dealkylation sites (tertiary alicyclic amines) is 1. The minimum absolute atomic E-state index is 0.0156. The van der Waals surface area contributed by atoms with Crippen molar-refractivity contribution in [2.45, 2.75) is 37.6 Å². The molecule has 1 saturated heterocycles. The van der Waals surface area contributed by atoms with Crippen LogP contribution in [0.4, 0.5) is 0 Å². The quantitative estimate of drug-likeness (QED) is 0.669. The number of para-hydroxylation sites is 1. The molecule has 134 valence electrons. The number of nitrogens with zero attached hydrogens (tertiary/aromatic N) is 1. The van der Waals surface area contributed by atoms with Gasteiger partial charge in [0.05, 0.1) is 18.2 Å². The fourth-order valence-corrected chi connectivity index (χ4v) is 3.51. The molecule has 7 nitrogen and oxygen atoms in total. The fourth-order valence-electron chi connectivity index (χ4n) is 3.51. The topological polar surface area (TPSA) is 107 Å². The van der Waals surface area contributed by atoms with Gasteiger partial charge in [-0.15, -0.1) is 0 Å². The summed E-state index contributed by atoms with van der Waals surface area (Å²) in [7, 11) is -1.19. The molecular formula is C17H22BNO6. The highest BCUT2D eigenvalue weighted by atomic mass is 16.5. The maximum absolute atomic E-state index is 12.3. The molecule has 0 unspecified atom stereocenters. The van der Waals surface area contributed by atoms with Crippen LogP contribution < -0.4 is 4.65 Å². The van der Waals surface area contributed by atoms with E-state index in [-0.39, 0.29) is 35.4 Å². The average molecular weight is 347 g/mol. The average Bonchev–Trinajstić information content (AvgIpc) is 2.57. The Labute approximate surface area is 146 Å². The summed E-state index contributed by atoms with van der Waals surface area (Å²) in [6.07, 6.45) is 1.65. The summed E-state index contributed by atoms with van der Waals surface area (Å²) in [4.78, 5) is 25.6. The van der Waals surface area contributed by atoms with Gasteiger partial charge in [-0.05, 0) is 30.9 Å². The molecule has 1 atom stereocenters. The number of benzene rings is 1. The number of rotatable bonds is 5. The second-order valence-electron chi connectivity index (χ2n) is 6.82. The monoisotopic (exact) mass is 347 g/mol. The summed E-state index contributed by atoms with van der Waals surface area (Å²) in [6.45, 7) is 1.70. The molecule has 1 fully saturated rings. The molecule has 8 heteroatoms. The lowest BCUT2D eigenvalue weighted by Gasteiger charge is -2.30. The van der Waals surface area contributed by atoms with Crippen LogP contribution in [0.1, 0.15) is 35.2 Å². The number of ketones is 1. The van der Waals surface area contributed by atoms with Crippen LogP contribution in [0, 0.1) is 0 Å². The molecule has 0 amide bonds. The number of carboxylic acids is 1. The number of carbonyl (C=O) groups excluding carboxylic acids is 1. The molecule has 1 aromatic rings. The van der Waals surface area contributed by atoms with Gasteiger partial charge < -0.3 is 19.9 Å². The van der Waals surface area contributed by atoms with Crippen LogP contribution in [0.3, 0.4) is 0 Å². The van der Waals surface area contributed by atoms with Crippen molar-refractivity contribution in [3.8, 4) is 5.75 Å². The minimum atomic E-state index is -1.19. The van der Waals surface area contributed by atoms with Gasteiger partial charge in [-0.25, -0.2) is 4.79 Å². The van der Waals surface area contributed by atoms with Gasteiger partial charge in [-0.1, -0.05) is 12.1 Å². The van der Waals surface area contributed by atoms with Crippen LogP contribution in [-0.2, 0) is 11.2 Å². The van der Waals surface area contributed by atoms with Crippen LogP contribution >= 0.6 is 0 Å². The maximum atomic E-state index is 12.3. The van der Waals surface area contributed by atoms with Gasteiger partial charge >= 0.3 is 13.1 Å². The fraction of sp³-hybridized carbons (Fsp3) is 0.529. The lowest BCUT2D eigenvalue weighted by molar-refractivity contribution is -0.121. The van der Waals surface area contributed by atoms with E-state index in [1.807, 2.05) is 4.90 Å². The van der Waals surface area contributed by atoms with Crippen LogP contribution in [0.2, 0.25) is 5.82 Å². The van der Waals surface area contributed by atoms with E-state index >= 15 is 0 Å². The predicted octanol–water partition coefficient (Wildman–Crippen LogP) is 0.586. The zero-order chi connectivity index (χ0) is 18.0. The third-order valence-corrected chi connectivity index (χ3v) is 4.90. The second-order valence-corrected chi connectivity index (χ2v) is 6.82. The minimum Gasteiger partial charge on any atom is -0.535 e. The summed E-state index contributed by atoms with van der Waals surface area (Å²) < 4.78 is 5.42. The van der Waals surface area contributed by atoms with E-state index in [2.05, 4.69) is 0 Å². The third kappa shape index (κ3) is 4.20. The van der Waals surface area contributed by atoms with Gasteiger partial charge in [0.15, 0.2) is 0 Å².